The molecule has 2 aliphatic carbocycles. The lowest BCUT2D eigenvalue weighted by Crippen LogP contribution is -2.26. The van der Waals surface area contributed by atoms with Gasteiger partial charge in [0.05, 0.1) is 0 Å². The van der Waals surface area contributed by atoms with Crippen LogP contribution in [0.5, 0.6) is 0 Å². The van der Waals surface area contributed by atoms with Gasteiger partial charge >= 0.3 is 0 Å². The van der Waals surface area contributed by atoms with Crippen molar-refractivity contribution >= 4 is 0 Å². The molecule has 0 amide bonds. The molecule has 11 heavy (non-hydrogen) atoms. The molecule has 2 aliphatic rings. The smallest absolute Gasteiger partial charge is 0.0269 e. The summed E-state index contributed by atoms with van der Waals surface area (Å²) in [6, 6.07) is 0. The predicted molar refractivity (Wildman–Crippen MR) is 48.4 cm³/mol. The number of rotatable bonds is 0. The summed E-state index contributed by atoms with van der Waals surface area (Å²) in [7, 11) is 0. The molecule has 0 radical (unpaired) electrons. The summed E-state index contributed by atoms with van der Waals surface area (Å²) in [4.78, 5) is 0. The summed E-state index contributed by atoms with van der Waals surface area (Å²) in [6.07, 6.45) is 4.45. The minimum Gasteiger partial charge on any atom is -0.0622 e. The van der Waals surface area contributed by atoms with Gasteiger partial charge in [-0.1, -0.05) is 27.7 Å². The van der Waals surface area contributed by atoms with Crippen molar-refractivity contribution in [1.82, 2.24) is 0 Å². The van der Waals surface area contributed by atoms with Crippen LogP contribution in [0, 0.1) is 22.7 Å². The molecule has 0 aromatic rings. The number of hydrogen-bond acceptors (Lipinski definition) is 0. The van der Waals surface area contributed by atoms with Crippen molar-refractivity contribution in [3.63, 3.8) is 0 Å². The Hall–Kier alpha value is 0. The quantitative estimate of drug-likeness (QED) is 0.498. The molecule has 0 N–H and O–H groups in total. The van der Waals surface area contributed by atoms with Gasteiger partial charge in [-0.05, 0) is 41.9 Å². The van der Waals surface area contributed by atoms with Crippen LogP contribution in [-0.2, 0) is 0 Å². The lowest BCUT2D eigenvalue weighted by atomic mass is 9.71. The van der Waals surface area contributed by atoms with E-state index in [4.69, 9.17) is 0 Å². The van der Waals surface area contributed by atoms with Crippen LogP contribution >= 0.6 is 0 Å². The van der Waals surface area contributed by atoms with Crippen LogP contribution in [0.25, 0.3) is 0 Å². The standard InChI is InChI=1S/C11H20/c1-8-7-11(4)6-5-9(8)10(11,2)3/h8-9H,5-7H2,1-4H3. The highest BCUT2D eigenvalue weighted by atomic mass is 14.6. The lowest BCUT2D eigenvalue weighted by Gasteiger charge is -2.34. The minimum atomic E-state index is 0.631. The topological polar surface area (TPSA) is 0 Å². The van der Waals surface area contributed by atoms with Gasteiger partial charge in [0.15, 0.2) is 0 Å². The molecule has 3 unspecified atom stereocenters. The van der Waals surface area contributed by atoms with Crippen LogP contribution in [0.15, 0.2) is 0 Å². The van der Waals surface area contributed by atoms with Crippen LogP contribution in [-0.4, -0.2) is 0 Å². The van der Waals surface area contributed by atoms with Gasteiger partial charge in [0.1, 0.15) is 0 Å². The largest absolute Gasteiger partial charge is 0.0622 e. The first-order chi connectivity index (χ1) is 4.97. The fourth-order valence-corrected chi connectivity index (χ4v) is 3.82. The normalized spacial score (nSPS) is 53.5. The number of fused-ring (bicyclic) bond motifs is 2. The molecule has 2 rings (SSSR count). The molecule has 2 fully saturated rings. The Kier molecular flexibility index (Phi) is 1.28. The molecule has 2 saturated carbocycles. The summed E-state index contributed by atoms with van der Waals surface area (Å²) in [6.45, 7) is 9.90. The van der Waals surface area contributed by atoms with E-state index in [-0.39, 0.29) is 0 Å². The monoisotopic (exact) mass is 152 g/mol. The Balaban J connectivity index is 2.37. The van der Waals surface area contributed by atoms with Gasteiger partial charge in [-0.25, -0.2) is 0 Å². The van der Waals surface area contributed by atoms with Gasteiger partial charge in [-0.3, -0.25) is 0 Å². The average molecular weight is 152 g/mol. The van der Waals surface area contributed by atoms with Crippen molar-refractivity contribution in [3.05, 3.63) is 0 Å². The Morgan fingerprint density at radius 2 is 1.82 bits per heavy atom. The van der Waals surface area contributed by atoms with E-state index >= 15 is 0 Å². The zero-order chi connectivity index (χ0) is 8.28. The summed E-state index contributed by atoms with van der Waals surface area (Å²) in [5, 5.41) is 0. The Bertz CT molecular complexity index is 178. The van der Waals surface area contributed by atoms with Gasteiger partial charge < -0.3 is 0 Å². The van der Waals surface area contributed by atoms with Gasteiger partial charge in [-0.15, -0.1) is 0 Å². The second-order valence-corrected chi connectivity index (χ2v) is 5.61. The minimum absolute atomic E-state index is 0.631. The van der Waals surface area contributed by atoms with E-state index in [1.807, 2.05) is 0 Å². The molecule has 0 heteroatoms. The first-order valence-corrected chi connectivity index (χ1v) is 4.97. The highest BCUT2D eigenvalue weighted by Gasteiger charge is 2.58. The van der Waals surface area contributed by atoms with Gasteiger partial charge in [0, 0.05) is 0 Å². The molecule has 2 bridgehead atoms. The Morgan fingerprint density at radius 3 is 2.00 bits per heavy atom. The molecule has 0 aromatic heterocycles. The zero-order valence-electron chi connectivity index (χ0n) is 8.28. The van der Waals surface area contributed by atoms with Crippen LogP contribution in [0.1, 0.15) is 47.0 Å². The van der Waals surface area contributed by atoms with E-state index in [0.29, 0.717) is 10.8 Å². The summed E-state index contributed by atoms with van der Waals surface area (Å²) >= 11 is 0. The van der Waals surface area contributed by atoms with E-state index in [1.54, 1.807) is 0 Å². The SMILES string of the molecule is CC1CC2(C)CCC1C2(C)C. The molecule has 0 heterocycles. The summed E-state index contributed by atoms with van der Waals surface area (Å²) in [5.41, 5.74) is 1.31. The maximum absolute atomic E-state index is 2.50. The molecule has 3 atom stereocenters. The second-order valence-electron chi connectivity index (χ2n) is 5.61. The molecular weight excluding hydrogens is 132 g/mol. The van der Waals surface area contributed by atoms with Gasteiger partial charge in [-0.2, -0.15) is 0 Å². The first-order valence-electron chi connectivity index (χ1n) is 4.97. The van der Waals surface area contributed by atoms with Crippen molar-refractivity contribution < 1.29 is 0 Å². The van der Waals surface area contributed by atoms with Crippen molar-refractivity contribution in [1.29, 1.82) is 0 Å². The van der Waals surface area contributed by atoms with Gasteiger partial charge in [0.25, 0.3) is 0 Å². The third-order valence-corrected chi connectivity index (χ3v) is 4.95. The molecule has 0 nitrogen and oxygen atoms in total. The molecule has 64 valence electrons. The number of hydrogen-bond donors (Lipinski definition) is 0. The third-order valence-electron chi connectivity index (χ3n) is 4.95. The fraction of sp³-hybridized carbons (Fsp3) is 1.00. The molecular formula is C11H20. The van der Waals surface area contributed by atoms with Crippen LogP contribution in [0.4, 0.5) is 0 Å². The van der Waals surface area contributed by atoms with E-state index in [1.165, 1.54) is 19.3 Å². The average Bonchev–Trinajstić information content (AvgIpc) is 2.13. The molecule has 0 aromatic carbocycles. The summed E-state index contributed by atoms with van der Waals surface area (Å²) in [5.74, 6) is 2.01. The van der Waals surface area contributed by atoms with E-state index < -0.39 is 0 Å². The predicted octanol–water partition coefficient (Wildman–Crippen LogP) is 3.47. The van der Waals surface area contributed by atoms with Crippen LogP contribution in [0.2, 0.25) is 0 Å². The molecule has 0 aliphatic heterocycles. The summed E-state index contributed by atoms with van der Waals surface area (Å²) < 4.78 is 0. The highest BCUT2D eigenvalue weighted by Crippen LogP contribution is 2.67. The molecule has 0 saturated heterocycles. The Labute approximate surface area is 70.4 Å². The van der Waals surface area contributed by atoms with Crippen LogP contribution in [0.3, 0.4) is 0 Å². The van der Waals surface area contributed by atoms with Crippen molar-refractivity contribution in [2.24, 2.45) is 22.7 Å². The van der Waals surface area contributed by atoms with Crippen molar-refractivity contribution in [2.75, 3.05) is 0 Å². The highest BCUT2D eigenvalue weighted by molar-refractivity contribution is 5.08. The van der Waals surface area contributed by atoms with E-state index in [9.17, 15) is 0 Å². The zero-order valence-corrected chi connectivity index (χ0v) is 8.28. The Morgan fingerprint density at radius 1 is 1.18 bits per heavy atom. The third kappa shape index (κ3) is 0.711. The molecule has 0 spiro atoms. The maximum Gasteiger partial charge on any atom is -0.0269 e. The van der Waals surface area contributed by atoms with E-state index in [2.05, 4.69) is 27.7 Å². The van der Waals surface area contributed by atoms with Gasteiger partial charge in [0.2, 0.25) is 0 Å². The van der Waals surface area contributed by atoms with Crippen molar-refractivity contribution in [2.45, 2.75) is 47.0 Å². The van der Waals surface area contributed by atoms with Crippen molar-refractivity contribution in [3.8, 4) is 0 Å². The maximum atomic E-state index is 2.50. The lowest BCUT2D eigenvalue weighted by molar-refractivity contribution is 0.152. The second kappa shape index (κ2) is 1.84. The fourth-order valence-electron chi connectivity index (χ4n) is 3.82. The first kappa shape index (κ1) is 7.64. The van der Waals surface area contributed by atoms with E-state index in [0.717, 1.165) is 11.8 Å². The van der Waals surface area contributed by atoms with Crippen LogP contribution < -0.4 is 0 Å².